The zero-order valence-electron chi connectivity index (χ0n) is 13.0. The summed E-state index contributed by atoms with van der Waals surface area (Å²) in [6.45, 7) is 0.816. The summed E-state index contributed by atoms with van der Waals surface area (Å²) in [4.78, 5) is -0.204. The van der Waals surface area contributed by atoms with Crippen molar-refractivity contribution in [2.45, 2.75) is 30.7 Å². The monoisotopic (exact) mass is 373 g/mol. The highest BCUT2D eigenvalue weighted by molar-refractivity contribution is 7.93. The molecule has 0 unspecified atom stereocenters. The van der Waals surface area contributed by atoms with Gasteiger partial charge >= 0.3 is 0 Å². The lowest BCUT2D eigenvalue weighted by Gasteiger charge is -2.31. The van der Waals surface area contributed by atoms with Crippen molar-refractivity contribution < 1.29 is 26.3 Å². The Hall–Kier alpha value is -2.23. The smallest absolute Gasteiger partial charge is 0.271 e. The van der Waals surface area contributed by atoms with Crippen LogP contribution in [0.3, 0.4) is 0 Å². The number of nitrogens with zero attached hydrogens (tertiary/aromatic N) is 3. The number of rotatable bonds is 2. The number of hydrogen-bond acceptors (Lipinski definition) is 4. The Morgan fingerprint density at radius 3 is 2.72 bits per heavy atom. The molecule has 0 fully saturated rings. The van der Waals surface area contributed by atoms with Crippen LogP contribution in [0.1, 0.15) is 18.4 Å². The second-order valence-corrected chi connectivity index (χ2v) is 7.73. The second kappa shape index (κ2) is 5.65. The van der Waals surface area contributed by atoms with Gasteiger partial charge in [-0.3, -0.25) is 4.31 Å². The minimum Gasteiger partial charge on any atom is -0.477 e. The van der Waals surface area contributed by atoms with Gasteiger partial charge in [-0.15, -0.1) is 0 Å². The van der Waals surface area contributed by atoms with E-state index in [4.69, 9.17) is 4.74 Å². The van der Waals surface area contributed by atoms with Crippen molar-refractivity contribution in [1.82, 2.24) is 9.78 Å². The number of aromatic nitrogens is 2. The fourth-order valence-corrected chi connectivity index (χ4v) is 4.84. The lowest BCUT2D eigenvalue weighted by atomic mass is 10.0. The molecule has 0 amide bonds. The summed E-state index contributed by atoms with van der Waals surface area (Å²) in [5.41, 5.74) is -0.713. The largest absolute Gasteiger partial charge is 0.477 e. The van der Waals surface area contributed by atoms with E-state index >= 15 is 0 Å². The first kappa shape index (κ1) is 16.2. The summed E-state index contributed by atoms with van der Waals surface area (Å²) in [6.07, 6.45) is 2.14. The molecule has 0 saturated carbocycles. The molecule has 3 heterocycles. The van der Waals surface area contributed by atoms with Gasteiger partial charge in [0.25, 0.3) is 10.0 Å². The first-order valence-electron chi connectivity index (χ1n) is 7.79. The van der Waals surface area contributed by atoms with E-state index < -0.39 is 33.2 Å². The van der Waals surface area contributed by atoms with E-state index in [1.807, 2.05) is 0 Å². The third kappa shape index (κ3) is 2.38. The molecule has 0 radical (unpaired) electrons. The zero-order valence-corrected chi connectivity index (χ0v) is 13.8. The first-order valence-corrected chi connectivity index (χ1v) is 9.23. The van der Waals surface area contributed by atoms with E-state index in [1.54, 1.807) is 0 Å². The van der Waals surface area contributed by atoms with E-state index in [1.165, 1.54) is 4.68 Å². The number of ether oxygens (including phenoxy) is 1. The number of benzene rings is 1. The average molecular weight is 373 g/mol. The van der Waals surface area contributed by atoms with Gasteiger partial charge in [0.2, 0.25) is 5.88 Å². The van der Waals surface area contributed by atoms with Gasteiger partial charge in [-0.2, -0.15) is 5.10 Å². The van der Waals surface area contributed by atoms with Crippen LogP contribution in [0.5, 0.6) is 5.88 Å². The number of fused-ring (bicyclic) bond motifs is 2. The maximum atomic E-state index is 14.3. The zero-order chi connectivity index (χ0) is 17.8. The van der Waals surface area contributed by atoms with Gasteiger partial charge in [0.05, 0.1) is 18.5 Å². The van der Waals surface area contributed by atoms with Crippen LogP contribution in [-0.4, -0.2) is 31.3 Å². The predicted octanol–water partition coefficient (Wildman–Crippen LogP) is 2.22. The molecule has 1 aromatic heterocycles. The summed E-state index contributed by atoms with van der Waals surface area (Å²) in [5.74, 6) is -3.58. The summed E-state index contributed by atoms with van der Waals surface area (Å²) >= 11 is 0. The maximum absolute atomic E-state index is 14.3. The highest BCUT2D eigenvalue weighted by Crippen LogP contribution is 2.39. The number of aryl methyl sites for hydroxylation is 1. The standard InChI is InChI=1S/C15H14F3N3O3S/c16-10-7-11(17)14-9(13(10)18)3-1-5-21(14)25(22,23)12-8-19-20-4-2-6-24-15(12)20/h7-8H,1-6H2. The van der Waals surface area contributed by atoms with Crippen LogP contribution in [0.15, 0.2) is 17.2 Å². The van der Waals surface area contributed by atoms with Gasteiger partial charge in [0.1, 0.15) is 0 Å². The molecule has 0 spiro atoms. The number of anilines is 1. The molecule has 2 aromatic rings. The van der Waals surface area contributed by atoms with E-state index in [2.05, 4.69) is 5.10 Å². The van der Waals surface area contributed by atoms with E-state index in [9.17, 15) is 21.6 Å². The van der Waals surface area contributed by atoms with E-state index in [0.29, 0.717) is 25.6 Å². The van der Waals surface area contributed by atoms with Crippen LogP contribution in [0, 0.1) is 17.5 Å². The highest BCUT2D eigenvalue weighted by atomic mass is 32.2. The minimum absolute atomic E-state index is 0.0397. The topological polar surface area (TPSA) is 64.4 Å². The Bertz CT molecular complexity index is 959. The SMILES string of the molecule is O=S(=O)(c1cnn2c1OCCC2)N1CCCc2c(F)c(F)cc(F)c21. The van der Waals surface area contributed by atoms with Gasteiger partial charge in [0, 0.05) is 31.1 Å². The van der Waals surface area contributed by atoms with Crippen molar-refractivity contribution in [3.8, 4) is 5.88 Å². The molecule has 0 aliphatic carbocycles. The number of sulfonamides is 1. The van der Waals surface area contributed by atoms with Gasteiger partial charge < -0.3 is 4.74 Å². The Morgan fingerprint density at radius 2 is 1.92 bits per heavy atom. The molecule has 6 nitrogen and oxygen atoms in total. The highest BCUT2D eigenvalue weighted by Gasteiger charge is 2.37. The normalized spacial score (nSPS) is 17.0. The van der Waals surface area contributed by atoms with Gasteiger partial charge in [-0.1, -0.05) is 0 Å². The van der Waals surface area contributed by atoms with Gasteiger partial charge in [-0.25, -0.2) is 26.3 Å². The van der Waals surface area contributed by atoms with Crippen LogP contribution in [-0.2, 0) is 23.0 Å². The minimum atomic E-state index is -4.23. The Labute approximate surface area is 141 Å². The molecule has 1 aromatic carbocycles. The van der Waals surface area contributed by atoms with Crippen molar-refractivity contribution in [2.75, 3.05) is 17.5 Å². The van der Waals surface area contributed by atoms with Gasteiger partial charge in [-0.05, 0) is 12.8 Å². The lowest BCUT2D eigenvalue weighted by Crippen LogP contribution is -2.37. The molecule has 0 bridgehead atoms. The maximum Gasteiger partial charge on any atom is 0.271 e. The molecule has 2 aliphatic heterocycles. The fraction of sp³-hybridized carbons (Fsp3) is 0.400. The van der Waals surface area contributed by atoms with Crippen molar-refractivity contribution in [1.29, 1.82) is 0 Å². The summed E-state index contributed by atoms with van der Waals surface area (Å²) in [6, 6.07) is 0.367. The molecule has 0 atom stereocenters. The molecular weight excluding hydrogens is 359 g/mol. The molecule has 134 valence electrons. The molecule has 25 heavy (non-hydrogen) atoms. The van der Waals surface area contributed by atoms with Crippen molar-refractivity contribution in [2.24, 2.45) is 0 Å². The van der Waals surface area contributed by atoms with Crippen molar-refractivity contribution in [3.05, 3.63) is 35.3 Å². The van der Waals surface area contributed by atoms with Crippen LogP contribution < -0.4 is 9.04 Å². The number of halogens is 3. The molecule has 2 aliphatic rings. The summed E-state index contributed by atoms with van der Waals surface area (Å²) in [7, 11) is -4.23. The Morgan fingerprint density at radius 1 is 1.12 bits per heavy atom. The lowest BCUT2D eigenvalue weighted by molar-refractivity contribution is 0.224. The van der Waals surface area contributed by atoms with Crippen LogP contribution in [0.4, 0.5) is 18.9 Å². The quantitative estimate of drug-likeness (QED) is 0.758. The fourth-order valence-electron chi connectivity index (χ4n) is 3.23. The summed E-state index contributed by atoms with van der Waals surface area (Å²) < 4.78 is 75.5. The van der Waals surface area contributed by atoms with Crippen LogP contribution in [0.2, 0.25) is 0 Å². The Kier molecular flexibility index (Phi) is 3.67. The molecule has 10 heteroatoms. The predicted molar refractivity (Wildman–Crippen MR) is 81.5 cm³/mol. The van der Waals surface area contributed by atoms with Crippen LogP contribution >= 0.6 is 0 Å². The molecule has 4 rings (SSSR count). The molecule has 0 N–H and O–H groups in total. The first-order chi connectivity index (χ1) is 11.9. The third-order valence-corrected chi connectivity index (χ3v) is 6.14. The molecule has 0 saturated heterocycles. The van der Waals surface area contributed by atoms with Crippen molar-refractivity contribution in [3.63, 3.8) is 0 Å². The Balaban J connectivity index is 1.87. The number of hydrogen-bond donors (Lipinski definition) is 0. The van der Waals surface area contributed by atoms with Crippen LogP contribution in [0.25, 0.3) is 0 Å². The van der Waals surface area contributed by atoms with Gasteiger partial charge in [0.15, 0.2) is 22.3 Å². The van der Waals surface area contributed by atoms with E-state index in [0.717, 1.165) is 10.5 Å². The van der Waals surface area contributed by atoms with Crippen molar-refractivity contribution >= 4 is 15.7 Å². The van der Waals surface area contributed by atoms with E-state index in [-0.39, 0.29) is 35.7 Å². The average Bonchev–Trinajstić information content (AvgIpc) is 3.04. The third-order valence-electron chi connectivity index (χ3n) is 4.36. The molecular formula is C15H14F3N3O3S. The second-order valence-electron chi connectivity index (χ2n) is 5.90. The summed E-state index contributed by atoms with van der Waals surface area (Å²) in [5, 5.41) is 3.99.